The van der Waals surface area contributed by atoms with Crippen LogP contribution >= 0.6 is 11.3 Å². The summed E-state index contributed by atoms with van der Waals surface area (Å²) in [7, 11) is 0. The molecule has 2 aromatic rings. The molecule has 162 valence electrons. The molecule has 1 aromatic carbocycles. The van der Waals surface area contributed by atoms with Crippen molar-refractivity contribution in [3.05, 3.63) is 39.3 Å². The fourth-order valence-corrected chi connectivity index (χ4v) is 4.84. The molecule has 1 aromatic heterocycles. The Morgan fingerprint density at radius 2 is 1.97 bits per heavy atom. The molecule has 8 heteroatoms. The second kappa shape index (κ2) is 9.66. The van der Waals surface area contributed by atoms with Crippen molar-refractivity contribution in [1.29, 1.82) is 0 Å². The van der Waals surface area contributed by atoms with E-state index in [4.69, 9.17) is 14.5 Å². The minimum absolute atomic E-state index is 0.326. The minimum Gasteiger partial charge on any atom is -0.454 e. The highest BCUT2D eigenvalue weighted by Crippen LogP contribution is 2.32. The average Bonchev–Trinajstić information content (AvgIpc) is 3.33. The smallest absolute Gasteiger partial charge is 0.231 e. The standard InChI is InChI=1S/C22H31N5O2S/c1-4-23-22(24-8-7-21-16(2)25-17(3)30-21)27-11-9-26(10-12-27)14-18-5-6-19-20(13-18)29-15-28-19/h5-6,13H,4,7-12,14-15H2,1-3H3,(H,23,24). The number of hydrogen-bond donors (Lipinski definition) is 1. The van der Waals surface area contributed by atoms with Gasteiger partial charge in [0.1, 0.15) is 0 Å². The summed E-state index contributed by atoms with van der Waals surface area (Å²) < 4.78 is 10.9. The van der Waals surface area contributed by atoms with Gasteiger partial charge in [0.15, 0.2) is 17.5 Å². The van der Waals surface area contributed by atoms with Crippen molar-refractivity contribution < 1.29 is 9.47 Å². The highest BCUT2D eigenvalue weighted by atomic mass is 32.1. The van der Waals surface area contributed by atoms with E-state index < -0.39 is 0 Å². The number of aryl methyl sites for hydroxylation is 2. The molecule has 3 heterocycles. The van der Waals surface area contributed by atoms with Gasteiger partial charge in [-0.15, -0.1) is 11.3 Å². The van der Waals surface area contributed by atoms with Crippen LogP contribution in [0.25, 0.3) is 0 Å². The van der Waals surface area contributed by atoms with Crippen molar-refractivity contribution >= 4 is 17.3 Å². The van der Waals surface area contributed by atoms with Gasteiger partial charge in [0.05, 0.1) is 10.7 Å². The Morgan fingerprint density at radius 1 is 1.17 bits per heavy atom. The molecule has 0 amide bonds. The summed E-state index contributed by atoms with van der Waals surface area (Å²) >= 11 is 1.79. The van der Waals surface area contributed by atoms with E-state index in [9.17, 15) is 0 Å². The first-order valence-electron chi connectivity index (χ1n) is 10.7. The van der Waals surface area contributed by atoms with Crippen molar-refractivity contribution in [2.75, 3.05) is 46.1 Å². The first-order chi connectivity index (χ1) is 14.6. The SMILES string of the molecule is CCNC(=NCCc1sc(C)nc1C)N1CCN(Cc2ccc3c(c2)OCO3)CC1. The highest BCUT2D eigenvalue weighted by Gasteiger charge is 2.21. The summed E-state index contributed by atoms with van der Waals surface area (Å²) in [4.78, 5) is 15.6. The van der Waals surface area contributed by atoms with E-state index in [2.05, 4.69) is 53.0 Å². The van der Waals surface area contributed by atoms with E-state index >= 15 is 0 Å². The molecule has 0 saturated carbocycles. The van der Waals surface area contributed by atoms with Crippen molar-refractivity contribution in [1.82, 2.24) is 20.1 Å². The normalized spacial score (nSPS) is 16.9. The zero-order chi connectivity index (χ0) is 20.9. The molecule has 30 heavy (non-hydrogen) atoms. The lowest BCUT2D eigenvalue weighted by Gasteiger charge is -2.36. The molecule has 0 radical (unpaired) electrons. The Balaban J connectivity index is 1.29. The maximum absolute atomic E-state index is 5.51. The van der Waals surface area contributed by atoms with Gasteiger partial charge in [-0.25, -0.2) is 4.98 Å². The van der Waals surface area contributed by atoms with Gasteiger partial charge in [-0.1, -0.05) is 6.07 Å². The summed E-state index contributed by atoms with van der Waals surface area (Å²) in [5, 5.41) is 4.60. The van der Waals surface area contributed by atoms with E-state index in [1.807, 2.05) is 6.07 Å². The van der Waals surface area contributed by atoms with E-state index in [-0.39, 0.29) is 0 Å². The Labute approximate surface area is 182 Å². The maximum Gasteiger partial charge on any atom is 0.231 e. The fourth-order valence-electron chi connectivity index (χ4n) is 3.91. The molecule has 0 atom stereocenters. The number of nitrogens with zero attached hydrogens (tertiary/aromatic N) is 4. The number of fused-ring (bicyclic) bond motifs is 1. The van der Waals surface area contributed by atoms with E-state index in [1.165, 1.54) is 10.4 Å². The summed E-state index contributed by atoms with van der Waals surface area (Å²) in [6.07, 6.45) is 0.955. The third-order valence-corrected chi connectivity index (χ3v) is 6.58. The molecule has 7 nitrogen and oxygen atoms in total. The lowest BCUT2D eigenvalue weighted by atomic mass is 10.1. The molecule has 0 unspecified atom stereocenters. The zero-order valence-corrected chi connectivity index (χ0v) is 18.9. The highest BCUT2D eigenvalue weighted by molar-refractivity contribution is 7.11. The lowest BCUT2D eigenvalue weighted by Crippen LogP contribution is -2.52. The molecule has 2 aliphatic heterocycles. The second-order valence-corrected chi connectivity index (χ2v) is 8.97. The Kier molecular flexibility index (Phi) is 6.74. The number of aromatic nitrogens is 1. The molecular weight excluding hydrogens is 398 g/mol. The number of piperazine rings is 1. The molecule has 0 spiro atoms. The Hall–Kier alpha value is -2.32. The van der Waals surface area contributed by atoms with Gasteiger partial charge in [-0.05, 0) is 38.5 Å². The molecule has 2 aliphatic rings. The van der Waals surface area contributed by atoms with Gasteiger partial charge >= 0.3 is 0 Å². The molecule has 4 rings (SSSR count). The summed E-state index contributed by atoms with van der Waals surface area (Å²) in [5.74, 6) is 2.73. The molecule has 0 bridgehead atoms. The van der Waals surface area contributed by atoms with Crippen molar-refractivity contribution in [3.8, 4) is 11.5 Å². The van der Waals surface area contributed by atoms with Crippen LogP contribution < -0.4 is 14.8 Å². The molecule has 0 aliphatic carbocycles. The number of nitrogens with one attached hydrogen (secondary N) is 1. The number of hydrogen-bond acceptors (Lipinski definition) is 6. The number of guanidine groups is 1. The number of thiazole rings is 1. The van der Waals surface area contributed by atoms with Gasteiger partial charge in [0.2, 0.25) is 6.79 Å². The number of benzene rings is 1. The minimum atomic E-state index is 0.326. The third-order valence-electron chi connectivity index (χ3n) is 5.45. The number of rotatable bonds is 6. The van der Waals surface area contributed by atoms with Gasteiger partial charge < -0.3 is 19.7 Å². The van der Waals surface area contributed by atoms with Gasteiger partial charge in [0, 0.05) is 57.1 Å². The summed E-state index contributed by atoms with van der Waals surface area (Å²) in [6, 6.07) is 6.24. The maximum atomic E-state index is 5.51. The van der Waals surface area contributed by atoms with Gasteiger partial charge in [0.25, 0.3) is 0 Å². The molecular formula is C22H31N5O2S. The Morgan fingerprint density at radius 3 is 2.70 bits per heavy atom. The predicted octanol–water partition coefficient (Wildman–Crippen LogP) is 2.81. The fraction of sp³-hybridized carbons (Fsp3) is 0.545. The largest absolute Gasteiger partial charge is 0.454 e. The van der Waals surface area contributed by atoms with Gasteiger partial charge in [-0.2, -0.15) is 0 Å². The van der Waals surface area contributed by atoms with Crippen LogP contribution in [0.15, 0.2) is 23.2 Å². The zero-order valence-electron chi connectivity index (χ0n) is 18.1. The third kappa shape index (κ3) is 5.05. The van der Waals surface area contributed by atoms with Crippen LogP contribution in [0.3, 0.4) is 0 Å². The van der Waals surface area contributed by atoms with Gasteiger partial charge in [-0.3, -0.25) is 9.89 Å². The average molecular weight is 430 g/mol. The monoisotopic (exact) mass is 429 g/mol. The van der Waals surface area contributed by atoms with Crippen molar-refractivity contribution in [2.45, 2.75) is 33.7 Å². The van der Waals surface area contributed by atoms with Crippen LogP contribution in [0.4, 0.5) is 0 Å². The first-order valence-corrected chi connectivity index (χ1v) is 11.5. The van der Waals surface area contributed by atoms with Crippen molar-refractivity contribution in [3.63, 3.8) is 0 Å². The van der Waals surface area contributed by atoms with Crippen LogP contribution in [0.2, 0.25) is 0 Å². The quantitative estimate of drug-likeness (QED) is 0.563. The predicted molar refractivity (Wildman–Crippen MR) is 121 cm³/mol. The van der Waals surface area contributed by atoms with Crippen LogP contribution in [-0.2, 0) is 13.0 Å². The Bertz CT molecular complexity index is 890. The lowest BCUT2D eigenvalue weighted by molar-refractivity contribution is 0.171. The first kappa shape index (κ1) is 20.9. The summed E-state index contributed by atoms with van der Waals surface area (Å²) in [5.41, 5.74) is 2.42. The number of ether oxygens (including phenoxy) is 2. The van der Waals surface area contributed by atoms with Crippen LogP contribution in [0, 0.1) is 13.8 Å². The van der Waals surface area contributed by atoms with E-state index in [0.29, 0.717) is 6.79 Å². The van der Waals surface area contributed by atoms with E-state index in [1.54, 1.807) is 11.3 Å². The number of aliphatic imine (C=N–C) groups is 1. The van der Waals surface area contributed by atoms with Crippen LogP contribution in [0.1, 0.15) is 28.1 Å². The topological polar surface area (TPSA) is 62.2 Å². The summed E-state index contributed by atoms with van der Waals surface area (Å²) in [6.45, 7) is 13.2. The van der Waals surface area contributed by atoms with Crippen LogP contribution in [-0.4, -0.2) is 66.8 Å². The second-order valence-electron chi connectivity index (χ2n) is 7.68. The van der Waals surface area contributed by atoms with E-state index in [0.717, 1.165) is 80.4 Å². The van der Waals surface area contributed by atoms with Crippen molar-refractivity contribution in [2.24, 2.45) is 4.99 Å². The molecule has 1 saturated heterocycles. The van der Waals surface area contributed by atoms with Crippen LogP contribution in [0.5, 0.6) is 11.5 Å². The molecule has 1 N–H and O–H groups in total. The molecule has 1 fully saturated rings.